The highest BCUT2D eigenvalue weighted by Crippen LogP contribution is 2.45. The van der Waals surface area contributed by atoms with E-state index in [1.165, 1.54) is 52.6 Å². The normalized spacial score (nSPS) is 15.6. The number of carbonyl (C=O) groups is 1. The molecule has 8 rings (SSSR count). The van der Waals surface area contributed by atoms with E-state index in [-0.39, 0.29) is 52.3 Å². The van der Waals surface area contributed by atoms with Crippen molar-refractivity contribution in [3.05, 3.63) is 83.8 Å². The molecule has 1 aliphatic heterocycles. The number of nitrogens with zero attached hydrogens (tertiary/aromatic N) is 6. The molecule has 0 spiro atoms. The van der Waals surface area contributed by atoms with Crippen molar-refractivity contribution in [2.24, 2.45) is 0 Å². The van der Waals surface area contributed by atoms with Crippen LogP contribution in [0.25, 0.3) is 22.4 Å². The van der Waals surface area contributed by atoms with Gasteiger partial charge in [0.1, 0.15) is 28.7 Å². The molecule has 3 aromatic heterocycles. The maximum Gasteiger partial charge on any atom is 0.273 e. The Morgan fingerprint density at radius 2 is 1.66 bits per heavy atom. The van der Waals surface area contributed by atoms with E-state index in [0.717, 1.165) is 42.1 Å². The van der Waals surface area contributed by atoms with Crippen LogP contribution in [-0.2, 0) is 21.3 Å². The molecule has 17 heteroatoms. The third kappa shape index (κ3) is 7.49. The van der Waals surface area contributed by atoms with Crippen LogP contribution in [0.3, 0.4) is 0 Å². The van der Waals surface area contributed by atoms with Crippen LogP contribution in [-0.4, -0.2) is 74.2 Å². The summed E-state index contributed by atoms with van der Waals surface area (Å²) in [5.41, 5.74) is 3.17. The predicted octanol–water partition coefficient (Wildman–Crippen LogP) is 7.43. The second-order valence-electron chi connectivity index (χ2n) is 14.1. The SMILES string of the molecule is COc1ccc(CN(c2noc3cc(Nc4cc(C5CC5)n(C5CCCCO5)n4)c(OC)cc23)S(=O)(=O)c2c(OC)cc(-c3nccc(C(C)=O)n3)cc2OC)cc1. The average Bonchev–Trinajstić information content (AvgIpc) is 3.89. The van der Waals surface area contributed by atoms with E-state index >= 15 is 8.42 Å². The molecule has 1 N–H and O–H groups in total. The van der Waals surface area contributed by atoms with E-state index in [4.69, 9.17) is 33.3 Å². The van der Waals surface area contributed by atoms with Crippen LogP contribution in [0.2, 0.25) is 0 Å². The summed E-state index contributed by atoms with van der Waals surface area (Å²) in [6.07, 6.45) is 6.58. The Labute approximate surface area is 335 Å². The Balaban J connectivity index is 1.21. The molecule has 16 nitrogen and oxygen atoms in total. The summed E-state index contributed by atoms with van der Waals surface area (Å²) >= 11 is 0. The van der Waals surface area contributed by atoms with E-state index in [0.29, 0.717) is 57.6 Å². The van der Waals surface area contributed by atoms with Gasteiger partial charge in [-0.05, 0) is 74.1 Å². The lowest BCUT2D eigenvalue weighted by atomic mass is 10.1. The van der Waals surface area contributed by atoms with Crippen molar-refractivity contribution < 1.29 is 41.4 Å². The van der Waals surface area contributed by atoms with Gasteiger partial charge in [-0.25, -0.2) is 27.4 Å². The summed E-state index contributed by atoms with van der Waals surface area (Å²) in [6, 6.07) is 16.9. The van der Waals surface area contributed by atoms with Gasteiger partial charge in [0.2, 0.25) is 0 Å². The number of nitrogens with one attached hydrogen (secondary N) is 1. The van der Waals surface area contributed by atoms with Crippen molar-refractivity contribution in [3.8, 4) is 34.4 Å². The second-order valence-corrected chi connectivity index (χ2v) is 15.9. The zero-order chi connectivity index (χ0) is 40.6. The molecule has 3 aromatic carbocycles. The van der Waals surface area contributed by atoms with Gasteiger partial charge < -0.3 is 33.5 Å². The maximum absolute atomic E-state index is 15.2. The molecule has 1 aliphatic carbocycles. The van der Waals surface area contributed by atoms with Gasteiger partial charge in [-0.15, -0.1) is 0 Å². The van der Waals surface area contributed by atoms with Gasteiger partial charge in [-0.2, -0.15) is 5.10 Å². The first kappa shape index (κ1) is 38.7. The number of aromatic nitrogens is 5. The van der Waals surface area contributed by atoms with Gasteiger partial charge in [-0.3, -0.25) is 4.79 Å². The second kappa shape index (κ2) is 16.0. The number of hydrogen-bond acceptors (Lipinski definition) is 14. The standard InChI is InChI=1S/C41H43N7O9S/c1-24(49)30-15-16-42-40(44-30)27-18-35(54-4)39(36(19-27)55-5)58(50,51)47(23-25-9-13-28(52-2)14-10-25)41-29-20-34(53-3)31(21-33(29)57-46-41)43-37-22-32(26-11-12-26)48(45-37)38-8-6-7-17-56-38/h9-10,13-16,18-22,26,38H,6-8,11-12,17,23H2,1-5H3,(H,43,45). The monoisotopic (exact) mass is 809 g/mol. The summed E-state index contributed by atoms with van der Waals surface area (Å²) in [5.74, 6) is 1.90. The highest BCUT2D eigenvalue weighted by molar-refractivity contribution is 7.93. The quantitative estimate of drug-likeness (QED) is 0.101. The number of ketones is 1. The van der Waals surface area contributed by atoms with Gasteiger partial charge in [0.25, 0.3) is 10.0 Å². The number of rotatable bonds is 15. The Kier molecular flexibility index (Phi) is 10.7. The van der Waals surface area contributed by atoms with Crippen molar-refractivity contribution in [1.82, 2.24) is 24.9 Å². The first-order valence-corrected chi connectivity index (χ1v) is 20.3. The third-order valence-electron chi connectivity index (χ3n) is 10.2. The van der Waals surface area contributed by atoms with Crippen molar-refractivity contribution >= 4 is 44.1 Å². The van der Waals surface area contributed by atoms with Gasteiger partial charge in [0.05, 0.1) is 46.1 Å². The fourth-order valence-corrected chi connectivity index (χ4v) is 8.77. The highest BCUT2D eigenvalue weighted by atomic mass is 32.2. The van der Waals surface area contributed by atoms with Crippen LogP contribution in [0.15, 0.2) is 76.3 Å². The molecule has 1 atom stereocenters. The van der Waals surface area contributed by atoms with Gasteiger partial charge >= 0.3 is 0 Å². The number of benzene rings is 3. The molecule has 1 unspecified atom stereocenters. The number of fused-ring (bicyclic) bond motifs is 1. The first-order valence-electron chi connectivity index (χ1n) is 18.8. The lowest BCUT2D eigenvalue weighted by Gasteiger charge is -2.25. The van der Waals surface area contributed by atoms with Crippen molar-refractivity contribution in [2.75, 3.05) is 44.7 Å². The fraction of sp³-hybridized carbons (Fsp3) is 0.341. The molecule has 2 fully saturated rings. The predicted molar refractivity (Wildman–Crippen MR) is 214 cm³/mol. The fourth-order valence-electron chi connectivity index (χ4n) is 7.08. The molecule has 0 bridgehead atoms. The number of anilines is 3. The van der Waals surface area contributed by atoms with Gasteiger partial charge in [-0.1, -0.05) is 17.3 Å². The Morgan fingerprint density at radius 3 is 2.29 bits per heavy atom. The summed E-state index contributed by atoms with van der Waals surface area (Å²) in [6.45, 7) is 1.93. The van der Waals surface area contributed by atoms with E-state index < -0.39 is 10.0 Å². The van der Waals surface area contributed by atoms with Crippen LogP contribution < -0.4 is 28.6 Å². The molecule has 1 saturated carbocycles. The molecule has 4 heterocycles. The Morgan fingerprint density at radius 1 is 0.914 bits per heavy atom. The number of methoxy groups -OCH3 is 4. The van der Waals surface area contributed by atoms with E-state index in [9.17, 15) is 4.79 Å². The van der Waals surface area contributed by atoms with Crippen molar-refractivity contribution in [1.29, 1.82) is 0 Å². The van der Waals surface area contributed by atoms with Crippen LogP contribution in [0.4, 0.5) is 17.3 Å². The zero-order valence-corrected chi connectivity index (χ0v) is 33.5. The van der Waals surface area contributed by atoms with Crippen molar-refractivity contribution in [2.45, 2.75) is 62.6 Å². The molecule has 6 aromatic rings. The molecule has 58 heavy (non-hydrogen) atoms. The highest BCUT2D eigenvalue weighted by Gasteiger charge is 2.37. The van der Waals surface area contributed by atoms with Crippen molar-refractivity contribution in [3.63, 3.8) is 0 Å². The summed E-state index contributed by atoms with van der Waals surface area (Å²) in [4.78, 5) is 20.5. The lowest BCUT2D eigenvalue weighted by molar-refractivity contribution is -0.0409. The summed E-state index contributed by atoms with van der Waals surface area (Å²) in [7, 11) is 1.21. The Hall–Kier alpha value is -6.20. The Bertz CT molecular complexity index is 2560. The third-order valence-corrected chi connectivity index (χ3v) is 12.0. The smallest absolute Gasteiger partial charge is 0.273 e. The van der Waals surface area contributed by atoms with Crippen LogP contribution in [0, 0.1) is 0 Å². The number of ether oxygens (including phenoxy) is 5. The maximum atomic E-state index is 15.2. The average molecular weight is 810 g/mol. The topological polar surface area (TPSA) is 182 Å². The number of Topliss-reactive ketones (excluding diaryl/α,β-unsaturated/α-hetero) is 1. The molecule has 0 radical (unpaired) electrons. The van der Waals surface area contributed by atoms with Gasteiger partial charge in [0.15, 0.2) is 39.9 Å². The molecule has 1 saturated heterocycles. The number of sulfonamides is 1. The van der Waals surface area contributed by atoms with Crippen LogP contribution in [0.5, 0.6) is 23.0 Å². The molecular formula is C41H43N7O9S. The summed E-state index contributed by atoms with van der Waals surface area (Å²) < 4.78 is 68.1. The molecule has 0 amide bonds. The molecular weight excluding hydrogens is 767 g/mol. The largest absolute Gasteiger partial charge is 0.497 e. The van der Waals surface area contributed by atoms with Crippen LogP contribution >= 0.6 is 0 Å². The number of carbonyl (C=O) groups excluding carboxylic acids is 1. The summed E-state index contributed by atoms with van der Waals surface area (Å²) in [5, 5.41) is 13.0. The minimum Gasteiger partial charge on any atom is -0.497 e. The minimum absolute atomic E-state index is 0.00362. The molecule has 302 valence electrons. The zero-order valence-electron chi connectivity index (χ0n) is 32.7. The first-order chi connectivity index (χ1) is 28.1. The number of hydrogen-bond donors (Lipinski definition) is 1. The van der Waals surface area contributed by atoms with E-state index in [1.54, 1.807) is 43.5 Å². The van der Waals surface area contributed by atoms with Crippen LogP contribution in [0.1, 0.15) is 72.9 Å². The van der Waals surface area contributed by atoms with Gasteiger partial charge in [0, 0.05) is 49.0 Å². The molecule has 2 aliphatic rings. The lowest BCUT2D eigenvalue weighted by Crippen LogP contribution is -2.31. The van der Waals surface area contributed by atoms with E-state index in [2.05, 4.69) is 20.4 Å². The van der Waals surface area contributed by atoms with E-state index in [1.807, 2.05) is 10.7 Å². The minimum atomic E-state index is -4.58.